The lowest BCUT2D eigenvalue weighted by molar-refractivity contribution is 0.0685. The maximum absolute atomic E-state index is 11.4. The van der Waals surface area contributed by atoms with Crippen molar-refractivity contribution < 1.29 is 14.6 Å². The Labute approximate surface area is 171 Å². The number of carboxylic acid groups (broad SMARTS) is 1. The minimum atomic E-state index is -1.15. The molecule has 1 saturated heterocycles. The standard InChI is InChI=1S/C20H19N7O3/c1-12-3-2-4-13(11-12)14-5-6-27(25-14)20-23-16-15(21-17(22-16)19(28)29)18(24-20)26-7-9-30-10-8-26/h2-6,11H,7-10H2,1H3,(H,28,29)(H,21,22,23,24). The maximum Gasteiger partial charge on any atom is 0.371 e. The van der Waals surface area contributed by atoms with Gasteiger partial charge in [-0.15, -0.1) is 0 Å². The van der Waals surface area contributed by atoms with Crippen molar-refractivity contribution in [3.63, 3.8) is 0 Å². The lowest BCUT2D eigenvalue weighted by Crippen LogP contribution is -2.37. The van der Waals surface area contributed by atoms with Gasteiger partial charge in [-0.25, -0.2) is 14.5 Å². The van der Waals surface area contributed by atoms with Crippen LogP contribution in [-0.4, -0.2) is 67.1 Å². The van der Waals surface area contributed by atoms with E-state index in [4.69, 9.17) is 4.74 Å². The van der Waals surface area contributed by atoms with E-state index >= 15 is 0 Å². The van der Waals surface area contributed by atoms with Crippen LogP contribution in [0.15, 0.2) is 36.5 Å². The van der Waals surface area contributed by atoms with Gasteiger partial charge in [0.2, 0.25) is 5.82 Å². The average Bonchev–Trinajstić information content (AvgIpc) is 3.41. The number of benzene rings is 1. The Hall–Kier alpha value is -3.79. The molecule has 152 valence electrons. The van der Waals surface area contributed by atoms with E-state index in [0.29, 0.717) is 43.6 Å². The molecule has 0 amide bonds. The Kier molecular flexibility index (Phi) is 4.40. The fourth-order valence-corrected chi connectivity index (χ4v) is 3.47. The molecular weight excluding hydrogens is 386 g/mol. The predicted octanol–water partition coefficient (Wildman–Crippen LogP) is 2.05. The number of nitrogens with one attached hydrogen (secondary N) is 1. The topological polar surface area (TPSA) is 122 Å². The Morgan fingerprint density at radius 2 is 2.00 bits per heavy atom. The summed E-state index contributed by atoms with van der Waals surface area (Å²) in [7, 11) is 0. The molecule has 1 fully saturated rings. The third kappa shape index (κ3) is 3.26. The first-order chi connectivity index (χ1) is 14.6. The van der Waals surface area contributed by atoms with Gasteiger partial charge < -0.3 is 19.7 Å². The molecule has 0 atom stereocenters. The molecule has 30 heavy (non-hydrogen) atoms. The highest BCUT2D eigenvalue weighted by molar-refractivity contribution is 5.92. The number of hydrogen-bond acceptors (Lipinski definition) is 7. The second-order valence-corrected chi connectivity index (χ2v) is 7.05. The second kappa shape index (κ2) is 7.23. The number of aromatic carboxylic acids is 1. The summed E-state index contributed by atoms with van der Waals surface area (Å²) in [5, 5.41) is 14.0. The molecule has 0 radical (unpaired) electrons. The van der Waals surface area contributed by atoms with Crippen molar-refractivity contribution >= 4 is 23.0 Å². The third-order valence-electron chi connectivity index (χ3n) is 4.94. The van der Waals surface area contributed by atoms with E-state index in [0.717, 1.165) is 16.8 Å². The number of fused-ring (bicyclic) bond motifs is 1. The van der Waals surface area contributed by atoms with Crippen molar-refractivity contribution in [3.8, 4) is 17.2 Å². The summed E-state index contributed by atoms with van der Waals surface area (Å²) >= 11 is 0. The lowest BCUT2D eigenvalue weighted by atomic mass is 10.1. The van der Waals surface area contributed by atoms with E-state index in [1.165, 1.54) is 0 Å². The number of aromatic amines is 1. The molecule has 0 saturated carbocycles. The number of carbonyl (C=O) groups is 1. The zero-order valence-corrected chi connectivity index (χ0v) is 16.2. The van der Waals surface area contributed by atoms with Crippen molar-refractivity contribution in [3.05, 3.63) is 47.9 Å². The van der Waals surface area contributed by atoms with Gasteiger partial charge in [0.1, 0.15) is 5.52 Å². The zero-order valence-electron chi connectivity index (χ0n) is 16.2. The van der Waals surface area contributed by atoms with E-state index < -0.39 is 5.97 Å². The molecule has 1 aromatic carbocycles. The van der Waals surface area contributed by atoms with Crippen LogP contribution in [0.3, 0.4) is 0 Å². The van der Waals surface area contributed by atoms with Crippen LogP contribution in [0.25, 0.3) is 28.4 Å². The van der Waals surface area contributed by atoms with Crippen molar-refractivity contribution in [1.82, 2.24) is 29.7 Å². The minimum absolute atomic E-state index is 0.174. The van der Waals surface area contributed by atoms with E-state index in [1.807, 2.05) is 36.1 Å². The van der Waals surface area contributed by atoms with Crippen LogP contribution < -0.4 is 4.90 Å². The molecule has 0 bridgehead atoms. The lowest BCUT2D eigenvalue weighted by Gasteiger charge is -2.28. The molecule has 10 nitrogen and oxygen atoms in total. The molecule has 1 aliphatic heterocycles. The Morgan fingerprint density at radius 3 is 2.77 bits per heavy atom. The fourth-order valence-electron chi connectivity index (χ4n) is 3.47. The molecule has 10 heteroatoms. The van der Waals surface area contributed by atoms with Crippen molar-refractivity contribution in [2.24, 2.45) is 0 Å². The SMILES string of the molecule is Cc1cccc(-c2ccn(-c3nc(N4CCOCC4)c4[nH]c(C(=O)O)nc4n3)n2)c1. The molecule has 1 aliphatic rings. The normalized spacial score (nSPS) is 14.4. The molecule has 0 unspecified atom stereocenters. The quantitative estimate of drug-likeness (QED) is 0.529. The van der Waals surface area contributed by atoms with Crippen LogP contribution in [0.5, 0.6) is 0 Å². The van der Waals surface area contributed by atoms with Gasteiger partial charge in [0.05, 0.1) is 18.9 Å². The fraction of sp³-hybridized carbons (Fsp3) is 0.250. The van der Waals surface area contributed by atoms with E-state index in [9.17, 15) is 9.90 Å². The van der Waals surface area contributed by atoms with Crippen molar-refractivity contribution in [2.75, 3.05) is 31.2 Å². The predicted molar refractivity (Wildman–Crippen MR) is 109 cm³/mol. The van der Waals surface area contributed by atoms with Crippen LogP contribution in [0.4, 0.5) is 5.82 Å². The minimum Gasteiger partial charge on any atom is -0.475 e. The van der Waals surface area contributed by atoms with Gasteiger partial charge in [0, 0.05) is 24.8 Å². The number of morpholine rings is 1. The number of nitrogens with zero attached hydrogens (tertiary/aromatic N) is 6. The van der Waals surface area contributed by atoms with Crippen LogP contribution in [0, 0.1) is 6.92 Å². The van der Waals surface area contributed by atoms with E-state index in [-0.39, 0.29) is 11.5 Å². The Morgan fingerprint density at radius 1 is 1.17 bits per heavy atom. The second-order valence-electron chi connectivity index (χ2n) is 7.05. The maximum atomic E-state index is 11.4. The Balaban J connectivity index is 1.61. The molecular formula is C20H19N7O3. The summed E-state index contributed by atoms with van der Waals surface area (Å²) in [6.07, 6.45) is 1.78. The number of imidazole rings is 1. The van der Waals surface area contributed by atoms with Gasteiger partial charge in [0.15, 0.2) is 11.5 Å². The third-order valence-corrected chi connectivity index (χ3v) is 4.94. The van der Waals surface area contributed by atoms with E-state index in [1.54, 1.807) is 10.9 Å². The summed E-state index contributed by atoms with van der Waals surface area (Å²) in [6.45, 7) is 4.45. The summed E-state index contributed by atoms with van der Waals surface area (Å²) in [4.78, 5) is 29.5. The first kappa shape index (κ1) is 18.3. The number of rotatable bonds is 4. The average molecular weight is 405 g/mol. The van der Waals surface area contributed by atoms with E-state index in [2.05, 4.69) is 31.1 Å². The smallest absolute Gasteiger partial charge is 0.371 e. The highest BCUT2D eigenvalue weighted by atomic mass is 16.5. The van der Waals surface area contributed by atoms with Gasteiger partial charge >= 0.3 is 5.97 Å². The first-order valence-corrected chi connectivity index (χ1v) is 9.55. The molecule has 4 heterocycles. The van der Waals surface area contributed by atoms with Crippen LogP contribution in [0.2, 0.25) is 0 Å². The molecule has 2 N–H and O–H groups in total. The summed E-state index contributed by atoms with van der Waals surface area (Å²) < 4.78 is 7.01. The first-order valence-electron chi connectivity index (χ1n) is 9.55. The highest BCUT2D eigenvalue weighted by Gasteiger charge is 2.22. The summed E-state index contributed by atoms with van der Waals surface area (Å²) in [5.41, 5.74) is 3.71. The molecule has 0 spiro atoms. The number of ether oxygens (including phenoxy) is 1. The number of aromatic nitrogens is 6. The van der Waals surface area contributed by atoms with Gasteiger partial charge in [-0.3, -0.25) is 0 Å². The van der Waals surface area contributed by atoms with Gasteiger partial charge in [-0.05, 0) is 19.1 Å². The molecule has 0 aliphatic carbocycles. The highest BCUT2D eigenvalue weighted by Crippen LogP contribution is 2.25. The zero-order chi connectivity index (χ0) is 20.7. The largest absolute Gasteiger partial charge is 0.475 e. The van der Waals surface area contributed by atoms with Crippen molar-refractivity contribution in [1.29, 1.82) is 0 Å². The van der Waals surface area contributed by atoms with Crippen LogP contribution >= 0.6 is 0 Å². The number of H-pyrrole nitrogens is 1. The van der Waals surface area contributed by atoms with Crippen LogP contribution in [0.1, 0.15) is 16.2 Å². The molecule has 5 rings (SSSR count). The molecule has 3 aromatic heterocycles. The van der Waals surface area contributed by atoms with Gasteiger partial charge in [0.25, 0.3) is 5.95 Å². The van der Waals surface area contributed by atoms with Crippen LogP contribution in [-0.2, 0) is 4.74 Å². The van der Waals surface area contributed by atoms with Crippen molar-refractivity contribution in [2.45, 2.75) is 6.92 Å². The molecule has 4 aromatic rings. The summed E-state index contributed by atoms with van der Waals surface area (Å²) in [6, 6.07) is 9.96. The number of aryl methyl sites for hydroxylation is 1. The van der Waals surface area contributed by atoms with Gasteiger partial charge in [-0.2, -0.15) is 15.1 Å². The Bertz CT molecular complexity index is 1240. The number of carboxylic acids is 1. The summed E-state index contributed by atoms with van der Waals surface area (Å²) in [5.74, 6) is -0.410. The number of hydrogen-bond donors (Lipinski definition) is 2. The monoisotopic (exact) mass is 405 g/mol. The number of anilines is 1. The van der Waals surface area contributed by atoms with Gasteiger partial charge in [-0.1, -0.05) is 23.8 Å².